The second-order valence-electron chi connectivity index (χ2n) is 6.38. The van der Waals surface area contributed by atoms with Crippen molar-refractivity contribution < 1.29 is 0 Å². The highest BCUT2D eigenvalue weighted by Crippen LogP contribution is 2.29. The Morgan fingerprint density at radius 3 is 2.10 bits per heavy atom. The number of rotatable bonds is 6. The molecule has 110 valence electrons. The van der Waals surface area contributed by atoms with Gasteiger partial charge in [-0.15, -0.1) is 0 Å². The molecule has 0 bridgehead atoms. The zero-order valence-corrected chi connectivity index (χ0v) is 12.4. The summed E-state index contributed by atoms with van der Waals surface area (Å²) in [5.74, 6) is 1.02. The summed E-state index contributed by atoms with van der Waals surface area (Å²) in [5.41, 5.74) is 8.37. The molecule has 0 spiro atoms. The minimum absolute atomic E-state index is 0.738. The molecule has 3 heteroatoms. The van der Waals surface area contributed by atoms with Crippen molar-refractivity contribution in [2.75, 3.05) is 39.3 Å². The highest BCUT2D eigenvalue weighted by atomic mass is 15.3. The Kier molecular flexibility index (Phi) is 4.71. The summed E-state index contributed by atoms with van der Waals surface area (Å²) in [6.07, 6.45) is 3.92. The predicted molar refractivity (Wildman–Crippen MR) is 83.6 cm³/mol. The van der Waals surface area contributed by atoms with Gasteiger partial charge in [0.05, 0.1) is 0 Å². The molecule has 0 unspecified atom stereocenters. The third-order valence-electron chi connectivity index (χ3n) is 4.54. The van der Waals surface area contributed by atoms with Gasteiger partial charge in [0.25, 0.3) is 0 Å². The second-order valence-corrected chi connectivity index (χ2v) is 6.38. The van der Waals surface area contributed by atoms with Gasteiger partial charge >= 0.3 is 0 Å². The lowest BCUT2D eigenvalue weighted by Crippen LogP contribution is -2.46. The van der Waals surface area contributed by atoms with Gasteiger partial charge in [-0.1, -0.05) is 24.3 Å². The summed E-state index contributed by atoms with van der Waals surface area (Å²) in [6, 6.07) is 8.99. The Hall–Kier alpha value is -0.900. The van der Waals surface area contributed by atoms with Crippen molar-refractivity contribution in [1.29, 1.82) is 0 Å². The Morgan fingerprint density at radius 2 is 1.50 bits per heavy atom. The zero-order valence-electron chi connectivity index (χ0n) is 12.4. The molecule has 0 amide bonds. The average molecular weight is 273 g/mol. The van der Waals surface area contributed by atoms with E-state index in [1.807, 2.05) is 0 Å². The summed E-state index contributed by atoms with van der Waals surface area (Å²) in [4.78, 5) is 5.24. The summed E-state index contributed by atoms with van der Waals surface area (Å²) >= 11 is 0. The van der Waals surface area contributed by atoms with Crippen molar-refractivity contribution in [3.63, 3.8) is 0 Å². The van der Waals surface area contributed by atoms with Crippen LogP contribution < -0.4 is 5.73 Å². The second kappa shape index (κ2) is 6.70. The first-order chi connectivity index (χ1) is 9.83. The minimum atomic E-state index is 0.738. The van der Waals surface area contributed by atoms with Crippen LogP contribution in [0.5, 0.6) is 0 Å². The number of nitrogens with zero attached hydrogens (tertiary/aromatic N) is 2. The molecule has 0 radical (unpaired) electrons. The van der Waals surface area contributed by atoms with Gasteiger partial charge in [0.15, 0.2) is 0 Å². The molecule has 1 heterocycles. The van der Waals surface area contributed by atoms with Crippen LogP contribution in [0, 0.1) is 5.92 Å². The van der Waals surface area contributed by atoms with Crippen molar-refractivity contribution in [3.8, 4) is 0 Å². The van der Waals surface area contributed by atoms with E-state index in [9.17, 15) is 0 Å². The van der Waals surface area contributed by atoms with Gasteiger partial charge in [-0.3, -0.25) is 4.90 Å². The minimum Gasteiger partial charge on any atom is -0.330 e. The van der Waals surface area contributed by atoms with E-state index in [0.29, 0.717) is 0 Å². The first kappa shape index (κ1) is 14.1. The van der Waals surface area contributed by atoms with Crippen LogP contribution in [0.4, 0.5) is 0 Å². The van der Waals surface area contributed by atoms with Crippen LogP contribution in [0.3, 0.4) is 0 Å². The van der Waals surface area contributed by atoms with Crippen molar-refractivity contribution in [2.45, 2.75) is 25.8 Å². The Labute approximate surface area is 122 Å². The summed E-state index contributed by atoms with van der Waals surface area (Å²) in [7, 11) is 0. The molecule has 2 aliphatic rings. The van der Waals surface area contributed by atoms with Crippen LogP contribution >= 0.6 is 0 Å². The molecule has 2 N–H and O–H groups in total. The van der Waals surface area contributed by atoms with Gasteiger partial charge in [0.1, 0.15) is 0 Å². The van der Waals surface area contributed by atoms with E-state index < -0.39 is 0 Å². The average Bonchev–Trinajstić information content (AvgIpc) is 3.28. The largest absolute Gasteiger partial charge is 0.330 e. The fourth-order valence-electron chi connectivity index (χ4n) is 3.03. The van der Waals surface area contributed by atoms with E-state index in [-0.39, 0.29) is 0 Å². The van der Waals surface area contributed by atoms with Crippen LogP contribution in [-0.2, 0) is 13.0 Å². The molecule has 3 nitrogen and oxygen atoms in total. The Bertz CT molecular complexity index is 403. The molecule has 2 fully saturated rings. The maximum atomic E-state index is 5.59. The van der Waals surface area contributed by atoms with Crippen LogP contribution in [0.1, 0.15) is 24.0 Å². The third kappa shape index (κ3) is 4.05. The van der Waals surface area contributed by atoms with E-state index in [2.05, 4.69) is 34.1 Å². The summed E-state index contributed by atoms with van der Waals surface area (Å²) in [6.45, 7) is 8.13. The molecular formula is C17H27N3. The summed E-state index contributed by atoms with van der Waals surface area (Å²) in [5, 5.41) is 0. The van der Waals surface area contributed by atoms with Crippen LogP contribution in [0.25, 0.3) is 0 Å². The maximum Gasteiger partial charge on any atom is 0.0234 e. The molecule has 1 aliphatic heterocycles. The molecule has 3 rings (SSSR count). The molecule has 20 heavy (non-hydrogen) atoms. The van der Waals surface area contributed by atoms with Gasteiger partial charge in [-0.2, -0.15) is 0 Å². The third-order valence-corrected chi connectivity index (χ3v) is 4.54. The monoisotopic (exact) mass is 273 g/mol. The van der Waals surface area contributed by atoms with E-state index >= 15 is 0 Å². The standard InChI is InChI=1S/C17H27N3/c18-8-7-15-1-3-16(4-2-15)13-19-9-11-20(12-10-19)14-17-5-6-17/h1-4,17H,5-14,18H2. The molecule has 0 aromatic heterocycles. The normalized spacial score (nSPS) is 21.2. The topological polar surface area (TPSA) is 32.5 Å². The molecule has 1 aromatic carbocycles. The predicted octanol–water partition coefficient (Wildman–Crippen LogP) is 1.72. The Morgan fingerprint density at radius 1 is 0.900 bits per heavy atom. The smallest absolute Gasteiger partial charge is 0.0234 e. The number of nitrogens with two attached hydrogens (primary N) is 1. The molecule has 1 aromatic rings. The van der Waals surface area contributed by atoms with Gasteiger partial charge < -0.3 is 10.6 Å². The fraction of sp³-hybridized carbons (Fsp3) is 0.647. The van der Waals surface area contributed by atoms with Crippen LogP contribution in [-0.4, -0.2) is 49.1 Å². The number of piperazine rings is 1. The highest BCUT2D eigenvalue weighted by molar-refractivity contribution is 5.22. The van der Waals surface area contributed by atoms with E-state index in [1.54, 1.807) is 0 Å². The van der Waals surface area contributed by atoms with Crippen molar-refractivity contribution >= 4 is 0 Å². The van der Waals surface area contributed by atoms with E-state index in [1.165, 1.54) is 56.7 Å². The van der Waals surface area contributed by atoms with Crippen LogP contribution in [0.15, 0.2) is 24.3 Å². The lowest BCUT2D eigenvalue weighted by atomic mass is 10.1. The highest BCUT2D eigenvalue weighted by Gasteiger charge is 2.26. The number of hydrogen-bond acceptors (Lipinski definition) is 3. The molecule has 1 saturated heterocycles. The molecule has 1 aliphatic carbocycles. The lowest BCUT2D eigenvalue weighted by molar-refractivity contribution is 0.123. The quantitative estimate of drug-likeness (QED) is 0.856. The first-order valence-electron chi connectivity index (χ1n) is 8.06. The van der Waals surface area contributed by atoms with Gasteiger partial charge in [-0.25, -0.2) is 0 Å². The van der Waals surface area contributed by atoms with E-state index in [4.69, 9.17) is 5.73 Å². The Balaban J connectivity index is 1.43. The van der Waals surface area contributed by atoms with Gasteiger partial charge in [-0.05, 0) is 42.9 Å². The van der Waals surface area contributed by atoms with Crippen LogP contribution in [0.2, 0.25) is 0 Å². The fourth-order valence-corrected chi connectivity index (χ4v) is 3.03. The lowest BCUT2D eigenvalue weighted by Gasteiger charge is -2.34. The first-order valence-corrected chi connectivity index (χ1v) is 8.06. The number of benzene rings is 1. The molecule has 1 saturated carbocycles. The number of hydrogen-bond donors (Lipinski definition) is 1. The van der Waals surface area contributed by atoms with Gasteiger partial charge in [0, 0.05) is 39.3 Å². The van der Waals surface area contributed by atoms with Gasteiger partial charge in [0.2, 0.25) is 0 Å². The molecular weight excluding hydrogens is 246 g/mol. The maximum absolute atomic E-state index is 5.59. The zero-order chi connectivity index (χ0) is 13.8. The van der Waals surface area contributed by atoms with Crippen molar-refractivity contribution in [3.05, 3.63) is 35.4 Å². The van der Waals surface area contributed by atoms with E-state index in [0.717, 1.165) is 25.4 Å². The van der Waals surface area contributed by atoms with Crippen molar-refractivity contribution in [1.82, 2.24) is 9.80 Å². The van der Waals surface area contributed by atoms with Crippen molar-refractivity contribution in [2.24, 2.45) is 11.7 Å². The molecule has 0 atom stereocenters. The summed E-state index contributed by atoms with van der Waals surface area (Å²) < 4.78 is 0. The SMILES string of the molecule is NCCc1ccc(CN2CCN(CC3CC3)CC2)cc1.